The van der Waals surface area contributed by atoms with Gasteiger partial charge < -0.3 is 10.2 Å². The lowest BCUT2D eigenvalue weighted by atomic mass is 10.0. The normalized spacial score (nSPS) is 18.1. The quantitative estimate of drug-likeness (QED) is 0.364. The van der Waals surface area contributed by atoms with Gasteiger partial charge in [-0.1, -0.05) is 35.6 Å². The predicted octanol–water partition coefficient (Wildman–Crippen LogP) is 5.05. The van der Waals surface area contributed by atoms with E-state index in [1.807, 2.05) is 60.9 Å². The largest absolute Gasteiger partial charge is 0.352 e. The Labute approximate surface area is 200 Å². The van der Waals surface area contributed by atoms with Crippen molar-refractivity contribution in [3.05, 3.63) is 108 Å². The first-order valence-corrected chi connectivity index (χ1v) is 11.9. The SMILES string of the molecule is S=C1N[C@@H](c2ccccn2)[C@@H](c2cccn2-c2nc3ccccc3s2)N1Cc1ccccn1. The standard InChI is InChI=1S/C25H20N6S2/c32-24-29-22(19-10-4-6-14-27-19)23(31(24)16-17-8-3-5-13-26-17)20-11-7-15-30(20)25-28-18-9-1-2-12-21(18)33-25/h1-15,22-23H,16H2,(H,29,32)/t22-,23+/m0/s1. The van der Waals surface area contributed by atoms with E-state index in [4.69, 9.17) is 17.2 Å². The fourth-order valence-electron chi connectivity index (χ4n) is 4.34. The van der Waals surface area contributed by atoms with Crippen molar-refractivity contribution < 1.29 is 0 Å². The number of thiazole rings is 1. The zero-order valence-corrected chi connectivity index (χ0v) is 19.2. The molecular weight excluding hydrogens is 448 g/mol. The number of fused-ring (bicyclic) bond motifs is 1. The molecule has 0 amide bonds. The first kappa shape index (κ1) is 20.0. The highest BCUT2D eigenvalue weighted by Gasteiger charge is 2.41. The fourth-order valence-corrected chi connectivity index (χ4v) is 5.61. The van der Waals surface area contributed by atoms with E-state index in [9.17, 15) is 0 Å². The van der Waals surface area contributed by atoms with Gasteiger partial charge in [-0.25, -0.2) is 4.98 Å². The van der Waals surface area contributed by atoms with Crippen molar-refractivity contribution >= 4 is 38.9 Å². The van der Waals surface area contributed by atoms with E-state index in [0.29, 0.717) is 11.7 Å². The van der Waals surface area contributed by atoms with Gasteiger partial charge in [-0.2, -0.15) is 0 Å². The van der Waals surface area contributed by atoms with E-state index in [2.05, 4.69) is 55.2 Å². The van der Waals surface area contributed by atoms with Gasteiger partial charge in [0.25, 0.3) is 0 Å². The topological polar surface area (TPSA) is 58.9 Å². The van der Waals surface area contributed by atoms with Gasteiger partial charge in [0.05, 0.1) is 45.9 Å². The van der Waals surface area contributed by atoms with E-state index < -0.39 is 0 Å². The Kier molecular flexibility index (Phi) is 5.09. The highest BCUT2D eigenvalue weighted by atomic mass is 32.1. The van der Waals surface area contributed by atoms with Gasteiger partial charge in [0, 0.05) is 18.6 Å². The molecule has 1 aliphatic heterocycles. The number of pyridine rings is 2. The number of para-hydroxylation sites is 1. The summed E-state index contributed by atoms with van der Waals surface area (Å²) in [5, 5.41) is 5.15. The molecule has 0 bridgehead atoms. The second-order valence-electron chi connectivity index (χ2n) is 7.84. The number of aromatic nitrogens is 4. The Balaban J connectivity index is 1.46. The number of thiocarbonyl (C=S) groups is 1. The lowest BCUT2D eigenvalue weighted by molar-refractivity contribution is 0.299. The first-order chi connectivity index (χ1) is 16.3. The second kappa shape index (κ2) is 8.38. The molecule has 4 aromatic heterocycles. The molecule has 1 saturated heterocycles. The van der Waals surface area contributed by atoms with Gasteiger partial charge in [0.2, 0.25) is 0 Å². The van der Waals surface area contributed by atoms with Crippen molar-refractivity contribution in [3.63, 3.8) is 0 Å². The third-order valence-corrected chi connectivity index (χ3v) is 7.22. The van der Waals surface area contributed by atoms with Crippen molar-refractivity contribution in [2.75, 3.05) is 0 Å². The van der Waals surface area contributed by atoms with Gasteiger partial charge in [-0.05, 0) is 60.7 Å². The van der Waals surface area contributed by atoms with Crippen molar-refractivity contribution in [3.8, 4) is 5.13 Å². The molecule has 5 heterocycles. The van der Waals surface area contributed by atoms with Crippen LogP contribution in [0.25, 0.3) is 15.3 Å². The lowest BCUT2D eigenvalue weighted by Crippen LogP contribution is -2.30. The molecule has 1 aliphatic rings. The van der Waals surface area contributed by atoms with Crippen LogP contribution in [0.15, 0.2) is 91.4 Å². The van der Waals surface area contributed by atoms with E-state index in [0.717, 1.165) is 27.7 Å². The first-order valence-electron chi connectivity index (χ1n) is 10.7. The molecule has 0 radical (unpaired) electrons. The molecule has 0 saturated carbocycles. The van der Waals surface area contributed by atoms with Crippen LogP contribution in [0.4, 0.5) is 0 Å². The molecule has 6 nitrogen and oxygen atoms in total. The van der Waals surface area contributed by atoms with Crippen LogP contribution in [-0.2, 0) is 6.54 Å². The monoisotopic (exact) mass is 468 g/mol. The minimum Gasteiger partial charge on any atom is -0.352 e. The lowest BCUT2D eigenvalue weighted by Gasteiger charge is -2.28. The van der Waals surface area contributed by atoms with Gasteiger partial charge in [-0.3, -0.25) is 14.5 Å². The number of nitrogens with zero attached hydrogens (tertiary/aromatic N) is 5. The van der Waals surface area contributed by atoms with Gasteiger partial charge in [0.1, 0.15) is 0 Å². The molecule has 1 N–H and O–H groups in total. The maximum Gasteiger partial charge on any atom is 0.194 e. The summed E-state index contributed by atoms with van der Waals surface area (Å²) in [6.45, 7) is 0.603. The zero-order valence-electron chi connectivity index (χ0n) is 17.6. The van der Waals surface area contributed by atoms with Gasteiger partial charge in [0.15, 0.2) is 10.2 Å². The fraction of sp³-hybridized carbons (Fsp3) is 0.120. The third-order valence-electron chi connectivity index (χ3n) is 5.83. The minimum absolute atomic E-state index is 0.0728. The Bertz CT molecular complexity index is 1380. The summed E-state index contributed by atoms with van der Waals surface area (Å²) >= 11 is 7.50. The molecule has 0 unspecified atom stereocenters. The average molecular weight is 469 g/mol. The molecular formula is C25H20N6S2. The molecule has 6 rings (SSSR count). The van der Waals surface area contributed by atoms with Gasteiger partial charge in [-0.15, -0.1) is 0 Å². The summed E-state index contributed by atoms with van der Waals surface area (Å²) in [6, 6.07) is 24.2. The van der Waals surface area contributed by atoms with E-state index in [-0.39, 0.29) is 12.1 Å². The summed E-state index contributed by atoms with van der Waals surface area (Å²) < 4.78 is 3.34. The smallest absolute Gasteiger partial charge is 0.194 e. The van der Waals surface area contributed by atoms with Crippen molar-refractivity contribution in [1.29, 1.82) is 0 Å². The van der Waals surface area contributed by atoms with E-state index in [1.54, 1.807) is 11.3 Å². The van der Waals surface area contributed by atoms with Crippen LogP contribution < -0.4 is 5.32 Å². The molecule has 0 aliphatic carbocycles. The van der Waals surface area contributed by atoms with Gasteiger partial charge >= 0.3 is 0 Å². The van der Waals surface area contributed by atoms with Crippen LogP contribution in [0.2, 0.25) is 0 Å². The summed E-state index contributed by atoms with van der Waals surface area (Å²) in [6.07, 6.45) is 5.71. The third kappa shape index (κ3) is 3.67. The van der Waals surface area contributed by atoms with Crippen molar-refractivity contribution in [2.45, 2.75) is 18.6 Å². The highest BCUT2D eigenvalue weighted by molar-refractivity contribution is 7.80. The van der Waals surface area contributed by atoms with Crippen molar-refractivity contribution in [1.82, 2.24) is 29.7 Å². The Morgan fingerprint density at radius 2 is 1.73 bits per heavy atom. The molecule has 5 aromatic rings. The van der Waals surface area contributed by atoms with Crippen LogP contribution in [0, 0.1) is 0 Å². The van der Waals surface area contributed by atoms with Crippen LogP contribution >= 0.6 is 23.6 Å². The maximum absolute atomic E-state index is 5.82. The zero-order chi connectivity index (χ0) is 22.2. The number of nitrogens with one attached hydrogen (secondary N) is 1. The molecule has 33 heavy (non-hydrogen) atoms. The van der Waals surface area contributed by atoms with Crippen molar-refractivity contribution in [2.24, 2.45) is 0 Å². The average Bonchev–Trinajstić information content (AvgIpc) is 3.57. The highest BCUT2D eigenvalue weighted by Crippen LogP contribution is 2.40. The number of rotatable bonds is 5. The summed E-state index contributed by atoms with van der Waals surface area (Å²) in [5.41, 5.74) is 4.02. The Morgan fingerprint density at radius 1 is 0.909 bits per heavy atom. The molecule has 1 aromatic carbocycles. The number of benzene rings is 1. The Morgan fingerprint density at radius 3 is 2.52 bits per heavy atom. The number of hydrogen-bond acceptors (Lipinski definition) is 5. The maximum atomic E-state index is 5.82. The van der Waals surface area contributed by atoms with E-state index >= 15 is 0 Å². The van der Waals surface area contributed by atoms with Crippen LogP contribution in [-0.4, -0.2) is 29.5 Å². The molecule has 1 fully saturated rings. The summed E-state index contributed by atoms with van der Waals surface area (Å²) in [5.74, 6) is 0. The predicted molar refractivity (Wildman–Crippen MR) is 134 cm³/mol. The van der Waals surface area contributed by atoms with E-state index in [1.165, 1.54) is 4.70 Å². The summed E-state index contributed by atoms with van der Waals surface area (Å²) in [4.78, 5) is 16.3. The van der Waals surface area contributed by atoms with Crippen LogP contribution in [0.5, 0.6) is 0 Å². The summed E-state index contributed by atoms with van der Waals surface area (Å²) in [7, 11) is 0. The van der Waals surface area contributed by atoms with Crippen LogP contribution in [0.3, 0.4) is 0 Å². The Hall–Kier alpha value is -3.62. The molecule has 8 heteroatoms. The van der Waals surface area contributed by atoms with Crippen LogP contribution in [0.1, 0.15) is 29.2 Å². The molecule has 162 valence electrons. The molecule has 2 atom stereocenters. The second-order valence-corrected chi connectivity index (χ2v) is 9.24. The number of hydrogen-bond donors (Lipinski definition) is 1. The molecule has 0 spiro atoms. The minimum atomic E-state index is -0.0922.